The lowest BCUT2D eigenvalue weighted by Crippen LogP contribution is -2.29. The summed E-state index contributed by atoms with van der Waals surface area (Å²) in [7, 11) is 3.29. The molecule has 1 saturated heterocycles. The average Bonchev–Trinajstić information content (AvgIpc) is 2.83. The van der Waals surface area contributed by atoms with Gasteiger partial charge in [0.1, 0.15) is 17.9 Å². The minimum atomic E-state index is -1.07. The number of hydrogen-bond donors (Lipinski definition) is 0. The van der Waals surface area contributed by atoms with Gasteiger partial charge in [-0.3, -0.25) is 9.59 Å². The van der Waals surface area contributed by atoms with E-state index >= 15 is 0 Å². The number of benzene rings is 1. The van der Waals surface area contributed by atoms with Gasteiger partial charge in [-0.15, -0.1) is 0 Å². The third-order valence-electron chi connectivity index (χ3n) is 7.02. The zero-order valence-electron chi connectivity index (χ0n) is 22.0. The van der Waals surface area contributed by atoms with Gasteiger partial charge in [0.15, 0.2) is 0 Å². The number of cyclic esters (lactones) is 2. The maximum absolute atomic E-state index is 12.2. The number of rotatable bonds is 15. The highest BCUT2D eigenvalue weighted by molar-refractivity contribution is 5.92. The van der Waals surface area contributed by atoms with Gasteiger partial charge in [-0.05, 0) is 24.7 Å². The van der Waals surface area contributed by atoms with Gasteiger partial charge in [0.2, 0.25) is 0 Å². The first kappa shape index (κ1) is 28.0. The predicted molar refractivity (Wildman–Crippen MR) is 133 cm³/mol. The first-order valence-electron chi connectivity index (χ1n) is 13.1. The lowest BCUT2D eigenvalue weighted by atomic mass is 9.83. The van der Waals surface area contributed by atoms with Crippen LogP contribution in [-0.4, -0.2) is 26.2 Å². The second-order valence-electron chi connectivity index (χ2n) is 9.38. The smallest absolute Gasteiger partial charge is 0.320 e. The quantitative estimate of drug-likeness (QED) is 0.207. The number of unbranched alkanes of at least 4 members (excludes halogenated alkanes) is 2. The Hall–Kier alpha value is -2.24. The van der Waals surface area contributed by atoms with E-state index in [9.17, 15) is 9.59 Å². The molecule has 34 heavy (non-hydrogen) atoms. The van der Waals surface area contributed by atoms with Crippen LogP contribution in [0.15, 0.2) is 6.07 Å². The number of esters is 2. The van der Waals surface area contributed by atoms with E-state index in [0.29, 0.717) is 23.3 Å². The van der Waals surface area contributed by atoms with Gasteiger partial charge in [-0.25, -0.2) is 0 Å². The van der Waals surface area contributed by atoms with E-state index in [2.05, 4.69) is 27.7 Å². The lowest BCUT2D eigenvalue weighted by Gasteiger charge is -2.30. The van der Waals surface area contributed by atoms with Gasteiger partial charge in [0, 0.05) is 22.8 Å². The van der Waals surface area contributed by atoms with Crippen molar-refractivity contribution in [2.75, 3.05) is 14.2 Å². The van der Waals surface area contributed by atoms with Crippen molar-refractivity contribution in [3.8, 4) is 11.5 Å². The Labute approximate surface area is 205 Å². The fraction of sp³-hybridized carbons (Fsp3) is 0.714. The Balaban J connectivity index is 2.67. The number of carbonyl (C=O) groups excluding carboxylic acids is 2. The summed E-state index contributed by atoms with van der Waals surface area (Å²) >= 11 is 0. The minimum Gasteiger partial charge on any atom is -0.496 e. The van der Waals surface area contributed by atoms with Crippen LogP contribution in [0.1, 0.15) is 108 Å². The van der Waals surface area contributed by atoms with Crippen LogP contribution < -0.4 is 9.47 Å². The number of carbonyl (C=O) groups is 2. The van der Waals surface area contributed by atoms with Crippen LogP contribution in [0.5, 0.6) is 11.5 Å². The maximum atomic E-state index is 12.2. The molecule has 6 heteroatoms. The van der Waals surface area contributed by atoms with Crippen molar-refractivity contribution in [2.45, 2.75) is 105 Å². The number of hydrogen-bond acceptors (Lipinski definition) is 6. The van der Waals surface area contributed by atoms with Crippen molar-refractivity contribution in [1.82, 2.24) is 0 Å². The fourth-order valence-corrected chi connectivity index (χ4v) is 4.86. The standard InChI is InChI=1S/C28H44O6/c1-7-11-13-19(9-3)15-21-23(31-5)17-24(32-6)22(16-20(10-4)14-12-8-2)27(21)28-33-25(29)18-26(30)34-28/h17,19-20,28H,7-16,18H2,1-6H3. The van der Waals surface area contributed by atoms with Gasteiger partial charge < -0.3 is 18.9 Å². The highest BCUT2D eigenvalue weighted by Crippen LogP contribution is 2.43. The first-order chi connectivity index (χ1) is 16.4. The zero-order valence-corrected chi connectivity index (χ0v) is 22.0. The Morgan fingerprint density at radius 2 is 1.26 bits per heavy atom. The second kappa shape index (κ2) is 14.2. The molecule has 1 aromatic carbocycles. The summed E-state index contributed by atoms with van der Waals surface area (Å²) in [5.74, 6) is 1.15. The summed E-state index contributed by atoms with van der Waals surface area (Å²) in [6, 6.07) is 1.94. The predicted octanol–water partition coefficient (Wildman–Crippen LogP) is 6.71. The Bertz CT molecular complexity index is 742. The number of ether oxygens (including phenoxy) is 4. The Kier molecular flexibility index (Phi) is 11.7. The van der Waals surface area contributed by atoms with Crippen molar-refractivity contribution in [3.63, 3.8) is 0 Å². The van der Waals surface area contributed by atoms with Gasteiger partial charge in [0.05, 0.1) is 14.2 Å². The molecule has 0 spiro atoms. The Morgan fingerprint density at radius 3 is 1.62 bits per heavy atom. The molecule has 0 bridgehead atoms. The average molecular weight is 477 g/mol. The molecule has 0 saturated carbocycles. The summed E-state index contributed by atoms with van der Waals surface area (Å²) in [4.78, 5) is 24.5. The molecule has 1 aliphatic rings. The molecule has 192 valence electrons. The molecule has 1 heterocycles. The number of methoxy groups -OCH3 is 2. The molecule has 2 rings (SSSR count). The van der Waals surface area contributed by atoms with Gasteiger partial charge in [0.25, 0.3) is 6.29 Å². The molecule has 1 fully saturated rings. The fourth-order valence-electron chi connectivity index (χ4n) is 4.86. The molecule has 0 amide bonds. The summed E-state index contributed by atoms with van der Waals surface area (Å²) < 4.78 is 22.9. The van der Waals surface area contributed by atoms with Crippen LogP contribution in [0, 0.1) is 11.8 Å². The third-order valence-corrected chi connectivity index (χ3v) is 7.02. The molecule has 1 aliphatic heterocycles. The van der Waals surface area contributed by atoms with E-state index in [1.165, 1.54) is 0 Å². The van der Waals surface area contributed by atoms with Crippen LogP contribution in [0.4, 0.5) is 0 Å². The summed E-state index contributed by atoms with van der Waals surface area (Å²) in [5, 5.41) is 0. The highest BCUT2D eigenvalue weighted by Gasteiger charge is 2.36. The van der Waals surface area contributed by atoms with Crippen molar-refractivity contribution in [3.05, 3.63) is 22.8 Å². The molecule has 0 aromatic heterocycles. The van der Waals surface area contributed by atoms with Crippen molar-refractivity contribution in [1.29, 1.82) is 0 Å². The molecule has 2 unspecified atom stereocenters. The van der Waals surface area contributed by atoms with E-state index in [1.807, 2.05) is 6.07 Å². The van der Waals surface area contributed by atoms with Crippen LogP contribution in [0.2, 0.25) is 0 Å². The molecule has 1 aromatic rings. The molecule has 0 radical (unpaired) electrons. The summed E-state index contributed by atoms with van der Waals surface area (Å²) in [6.07, 6.45) is 8.97. The monoisotopic (exact) mass is 476 g/mol. The molecular weight excluding hydrogens is 432 g/mol. The largest absolute Gasteiger partial charge is 0.496 e. The SMILES string of the molecule is CCCCC(CC)Cc1c(OC)cc(OC)c(CC(CC)CCCC)c1C1OC(=O)CC(=O)O1. The van der Waals surface area contributed by atoms with Gasteiger partial charge in [-0.1, -0.05) is 79.1 Å². The van der Waals surface area contributed by atoms with Crippen LogP contribution in [0.25, 0.3) is 0 Å². The highest BCUT2D eigenvalue weighted by atomic mass is 16.7. The van der Waals surface area contributed by atoms with Crippen LogP contribution in [-0.2, 0) is 31.9 Å². The normalized spacial score (nSPS) is 16.1. The van der Waals surface area contributed by atoms with Crippen molar-refractivity contribution in [2.24, 2.45) is 11.8 Å². The van der Waals surface area contributed by atoms with E-state index in [0.717, 1.165) is 80.9 Å². The molecule has 0 N–H and O–H groups in total. The van der Waals surface area contributed by atoms with Crippen molar-refractivity contribution >= 4 is 11.9 Å². The maximum Gasteiger partial charge on any atom is 0.320 e. The summed E-state index contributed by atoms with van der Waals surface area (Å²) in [5.41, 5.74) is 2.65. The van der Waals surface area contributed by atoms with Gasteiger partial charge >= 0.3 is 11.9 Å². The topological polar surface area (TPSA) is 71.1 Å². The summed E-state index contributed by atoms with van der Waals surface area (Å²) in [6.45, 7) is 8.81. The van der Waals surface area contributed by atoms with Crippen LogP contribution in [0.3, 0.4) is 0 Å². The van der Waals surface area contributed by atoms with Gasteiger partial charge in [-0.2, -0.15) is 0 Å². The lowest BCUT2D eigenvalue weighted by molar-refractivity contribution is -0.205. The molecule has 2 atom stereocenters. The zero-order chi connectivity index (χ0) is 25.1. The molecule has 0 aliphatic carbocycles. The molecule has 6 nitrogen and oxygen atoms in total. The van der Waals surface area contributed by atoms with E-state index in [-0.39, 0.29) is 6.42 Å². The molecular formula is C28H44O6. The first-order valence-corrected chi connectivity index (χ1v) is 13.1. The van der Waals surface area contributed by atoms with Crippen LogP contribution >= 0.6 is 0 Å². The minimum absolute atomic E-state index is 0.357. The van der Waals surface area contributed by atoms with Crippen molar-refractivity contribution < 1.29 is 28.5 Å². The second-order valence-corrected chi connectivity index (χ2v) is 9.38. The van der Waals surface area contributed by atoms with E-state index in [4.69, 9.17) is 18.9 Å². The third kappa shape index (κ3) is 7.38. The van der Waals surface area contributed by atoms with E-state index in [1.54, 1.807) is 14.2 Å². The van der Waals surface area contributed by atoms with E-state index < -0.39 is 18.2 Å². The Morgan fingerprint density at radius 1 is 0.824 bits per heavy atom.